The lowest BCUT2D eigenvalue weighted by atomic mass is 10.2. The molecule has 0 saturated carbocycles. The molecule has 1 rings (SSSR count). The van der Waals surface area contributed by atoms with Gasteiger partial charge in [-0.15, -0.1) is 11.3 Å². The maximum atomic E-state index is 7.23. The highest BCUT2D eigenvalue weighted by atomic mass is 32.1. The second kappa shape index (κ2) is 8.10. The Hall–Kier alpha value is -0.163. The van der Waals surface area contributed by atoms with Gasteiger partial charge in [-0.3, -0.25) is 0 Å². The molecule has 1 N–H and O–H groups in total. The average molecular weight is 289 g/mol. The summed E-state index contributed by atoms with van der Waals surface area (Å²) in [5, 5.41) is 4.65. The van der Waals surface area contributed by atoms with E-state index in [1.54, 1.807) is 11.3 Å². The maximum absolute atomic E-state index is 7.23. The number of rotatable bonds is 9. The van der Waals surface area contributed by atoms with E-state index in [-0.39, 0.29) is 6.10 Å². The number of thiophene rings is 1. The third-order valence-corrected chi connectivity index (χ3v) is 9.33. The van der Waals surface area contributed by atoms with Gasteiger partial charge in [0.25, 0.3) is 0 Å². The van der Waals surface area contributed by atoms with Crippen molar-refractivity contribution in [2.75, 3.05) is 13.5 Å². The summed E-state index contributed by atoms with van der Waals surface area (Å²) < 4.78 is 28.3. The molecule has 0 bridgehead atoms. The SMILES string of the molecule is [2H]C([2H])([2H])NCCC(O[Si](CC)(CC)CC)c1cccs1. The first kappa shape index (κ1) is 11.6. The van der Waals surface area contributed by atoms with Gasteiger partial charge in [0.2, 0.25) is 0 Å². The van der Waals surface area contributed by atoms with Gasteiger partial charge in [0.15, 0.2) is 8.32 Å². The molecule has 0 amide bonds. The molecule has 0 aliphatic heterocycles. The Morgan fingerprint density at radius 1 is 1.39 bits per heavy atom. The largest absolute Gasteiger partial charge is 0.409 e. The van der Waals surface area contributed by atoms with E-state index in [1.807, 2.05) is 6.07 Å². The van der Waals surface area contributed by atoms with Crippen LogP contribution in [0.15, 0.2) is 17.5 Å². The van der Waals surface area contributed by atoms with Crippen LogP contribution in [0.2, 0.25) is 18.1 Å². The fourth-order valence-corrected chi connectivity index (χ4v) is 5.96. The van der Waals surface area contributed by atoms with E-state index in [1.165, 1.54) is 4.88 Å². The monoisotopic (exact) mass is 288 g/mol. The second-order valence-corrected chi connectivity index (χ2v) is 10.3. The predicted molar refractivity (Wildman–Crippen MR) is 83.9 cm³/mol. The van der Waals surface area contributed by atoms with Crippen LogP contribution in [0.3, 0.4) is 0 Å². The van der Waals surface area contributed by atoms with E-state index in [9.17, 15) is 0 Å². The van der Waals surface area contributed by atoms with Crippen LogP contribution in [-0.2, 0) is 4.43 Å². The highest BCUT2D eigenvalue weighted by Crippen LogP contribution is 2.33. The van der Waals surface area contributed by atoms with Crippen LogP contribution >= 0.6 is 11.3 Å². The zero-order valence-corrected chi connectivity index (χ0v) is 13.5. The summed E-state index contributed by atoms with van der Waals surface area (Å²) >= 11 is 1.69. The molecular weight excluding hydrogens is 258 g/mol. The van der Waals surface area contributed by atoms with Crippen molar-refractivity contribution in [3.63, 3.8) is 0 Å². The molecule has 1 unspecified atom stereocenters. The van der Waals surface area contributed by atoms with Gasteiger partial charge in [-0.25, -0.2) is 0 Å². The van der Waals surface area contributed by atoms with Crippen LogP contribution in [0, 0.1) is 0 Å². The molecule has 0 aliphatic carbocycles. The second-order valence-electron chi connectivity index (χ2n) is 4.58. The molecule has 1 heterocycles. The Bertz CT molecular complexity index is 385. The lowest BCUT2D eigenvalue weighted by molar-refractivity contribution is 0.183. The first-order valence-electron chi connectivity index (χ1n) is 8.32. The van der Waals surface area contributed by atoms with Crippen molar-refractivity contribution in [2.24, 2.45) is 0 Å². The fourth-order valence-electron chi connectivity index (χ4n) is 2.24. The van der Waals surface area contributed by atoms with Gasteiger partial charge in [-0.1, -0.05) is 26.8 Å². The summed E-state index contributed by atoms with van der Waals surface area (Å²) in [5.74, 6) is 0. The standard InChI is InChI=1S/C14H27NOSSi/c1-5-18(6-2,7-3)16-13(10-11-15-4)14-9-8-12-17-14/h8-9,12-13,15H,5-7,10-11H2,1-4H3/i4D3. The Morgan fingerprint density at radius 2 is 2.11 bits per heavy atom. The van der Waals surface area contributed by atoms with Crippen molar-refractivity contribution in [3.05, 3.63) is 22.4 Å². The summed E-state index contributed by atoms with van der Waals surface area (Å²) in [6.45, 7) is 5.01. The van der Waals surface area contributed by atoms with E-state index < -0.39 is 15.3 Å². The molecule has 4 heteroatoms. The lowest BCUT2D eigenvalue weighted by Crippen LogP contribution is -2.37. The fraction of sp³-hybridized carbons (Fsp3) is 0.714. The number of hydrogen-bond acceptors (Lipinski definition) is 3. The Kier molecular flexibility index (Phi) is 5.24. The minimum atomic E-state index is -2.07. The highest BCUT2D eigenvalue weighted by molar-refractivity contribution is 7.10. The number of hydrogen-bond donors (Lipinski definition) is 1. The van der Waals surface area contributed by atoms with Crippen LogP contribution in [0.5, 0.6) is 0 Å². The molecule has 1 atom stereocenters. The van der Waals surface area contributed by atoms with Gasteiger partial charge >= 0.3 is 0 Å². The summed E-state index contributed by atoms with van der Waals surface area (Å²) in [4.78, 5) is 1.20. The first-order chi connectivity index (χ1) is 9.86. The third kappa shape index (κ3) is 4.19. The average Bonchev–Trinajstić information content (AvgIpc) is 2.96. The Balaban J connectivity index is 2.74. The number of nitrogens with one attached hydrogen (secondary N) is 1. The predicted octanol–water partition coefficient (Wildman–Crippen LogP) is 4.42. The van der Waals surface area contributed by atoms with Crippen molar-refractivity contribution in [2.45, 2.75) is 51.4 Å². The molecule has 1 aromatic rings. The molecule has 0 aromatic carbocycles. The van der Waals surface area contributed by atoms with Gasteiger partial charge < -0.3 is 9.74 Å². The van der Waals surface area contributed by atoms with Crippen LogP contribution < -0.4 is 5.32 Å². The van der Waals surface area contributed by atoms with E-state index in [4.69, 9.17) is 8.54 Å². The molecular formula is C14H27NOSSi. The molecule has 0 aliphatic rings. The van der Waals surface area contributed by atoms with Gasteiger partial charge in [0, 0.05) is 8.99 Å². The van der Waals surface area contributed by atoms with E-state index >= 15 is 0 Å². The molecule has 0 radical (unpaired) electrons. The zero-order valence-electron chi connectivity index (χ0n) is 14.7. The van der Waals surface area contributed by atoms with Crippen LogP contribution in [0.4, 0.5) is 0 Å². The smallest absolute Gasteiger partial charge is 0.192 e. The molecule has 1 aromatic heterocycles. The van der Waals surface area contributed by atoms with Crippen LogP contribution in [-0.4, -0.2) is 21.8 Å². The van der Waals surface area contributed by atoms with Crippen molar-refractivity contribution < 1.29 is 8.54 Å². The van der Waals surface area contributed by atoms with Crippen molar-refractivity contribution in [1.29, 1.82) is 0 Å². The van der Waals surface area contributed by atoms with Crippen molar-refractivity contribution in [1.82, 2.24) is 5.32 Å². The summed E-state index contributed by atoms with van der Waals surface area (Å²) in [6, 6.07) is 7.43. The molecule has 0 spiro atoms. The van der Waals surface area contributed by atoms with Gasteiger partial charge in [0.05, 0.1) is 6.10 Å². The topological polar surface area (TPSA) is 21.3 Å². The summed E-state index contributed by atoms with van der Waals surface area (Å²) in [6.07, 6.45) is 0.722. The third-order valence-electron chi connectivity index (χ3n) is 3.72. The molecule has 0 fully saturated rings. The minimum Gasteiger partial charge on any atom is -0.409 e. The summed E-state index contributed by atoms with van der Waals surface area (Å²) in [7, 11) is -1.69. The Morgan fingerprint density at radius 3 is 2.61 bits per heavy atom. The summed E-state index contributed by atoms with van der Waals surface area (Å²) in [5.41, 5.74) is 0. The first-order valence-corrected chi connectivity index (χ1v) is 10.2. The van der Waals surface area contributed by atoms with Gasteiger partial charge in [-0.2, -0.15) is 0 Å². The van der Waals surface area contributed by atoms with E-state index in [2.05, 4.69) is 37.5 Å². The quantitative estimate of drug-likeness (QED) is 0.679. The van der Waals surface area contributed by atoms with Crippen LogP contribution in [0.25, 0.3) is 0 Å². The minimum absolute atomic E-state index is 0.0198. The van der Waals surface area contributed by atoms with E-state index in [0.29, 0.717) is 13.0 Å². The lowest BCUT2D eigenvalue weighted by Gasteiger charge is -2.33. The molecule has 104 valence electrons. The van der Waals surface area contributed by atoms with Crippen molar-refractivity contribution in [3.8, 4) is 0 Å². The zero-order chi connectivity index (χ0) is 15.9. The van der Waals surface area contributed by atoms with Crippen molar-refractivity contribution >= 4 is 19.7 Å². The highest BCUT2D eigenvalue weighted by Gasteiger charge is 2.32. The normalized spacial score (nSPS) is 16.9. The van der Waals surface area contributed by atoms with Crippen LogP contribution in [0.1, 0.15) is 42.3 Å². The van der Waals surface area contributed by atoms with Gasteiger partial charge in [0.1, 0.15) is 0 Å². The van der Waals surface area contributed by atoms with E-state index in [0.717, 1.165) is 18.1 Å². The molecule has 18 heavy (non-hydrogen) atoms. The Labute approximate surface area is 121 Å². The molecule has 2 nitrogen and oxygen atoms in total. The molecule has 0 saturated heterocycles. The maximum Gasteiger partial charge on any atom is 0.192 e. The van der Waals surface area contributed by atoms with Gasteiger partial charge in [-0.05, 0) is 49.5 Å².